The van der Waals surface area contributed by atoms with E-state index in [1.54, 1.807) is 0 Å². The summed E-state index contributed by atoms with van der Waals surface area (Å²) in [5.41, 5.74) is 7.75. The van der Waals surface area contributed by atoms with Crippen LogP contribution in [0, 0.1) is 0 Å². The minimum Gasteiger partial charge on any atom is -0.326 e. The maximum atomic E-state index is 11.0. The minimum atomic E-state index is -0.235. The van der Waals surface area contributed by atoms with Crippen molar-refractivity contribution in [3.05, 3.63) is 28.2 Å². The van der Waals surface area contributed by atoms with E-state index in [2.05, 4.69) is 21.2 Å². The average molecular weight is 269 g/mol. The fraction of sp³-hybridized carbons (Fsp3) is 0.364. The molecule has 0 bridgehead atoms. The van der Waals surface area contributed by atoms with E-state index in [1.165, 1.54) is 6.92 Å². The molecule has 0 aromatic heterocycles. The van der Waals surface area contributed by atoms with Crippen LogP contribution in [-0.2, 0) is 10.3 Å². The predicted molar refractivity (Wildman–Crippen MR) is 63.5 cm³/mol. The van der Waals surface area contributed by atoms with Crippen LogP contribution in [0.2, 0.25) is 0 Å². The monoisotopic (exact) mass is 268 g/mol. The molecule has 0 saturated heterocycles. The first-order valence-electron chi connectivity index (χ1n) is 4.88. The van der Waals surface area contributed by atoms with Crippen molar-refractivity contribution in [2.45, 2.75) is 25.3 Å². The van der Waals surface area contributed by atoms with E-state index in [9.17, 15) is 4.79 Å². The van der Waals surface area contributed by atoms with Gasteiger partial charge in [0.2, 0.25) is 5.91 Å². The Morgan fingerprint density at radius 1 is 1.53 bits per heavy atom. The number of hydrogen-bond donors (Lipinski definition) is 2. The first-order chi connectivity index (χ1) is 7.01. The molecule has 0 heterocycles. The lowest BCUT2D eigenvalue weighted by atomic mass is 10.0. The number of halogens is 1. The summed E-state index contributed by atoms with van der Waals surface area (Å²) in [6.45, 7) is 1.50. The Kier molecular flexibility index (Phi) is 2.56. The summed E-state index contributed by atoms with van der Waals surface area (Å²) in [6.07, 6.45) is 1.96. The van der Waals surface area contributed by atoms with E-state index in [0.29, 0.717) is 0 Å². The first kappa shape index (κ1) is 10.6. The van der Waals surface area contributed by atoms with Gasteiger partial charge in [-0.15, -0.1) is 0 Å². The summed E-state index contributed by atoms with van der Waals surface area (Å²) in [6, 6.07) is 5.77. The smallest absolute Gasteiger partial charge is 0.221 e. The Morgan fingerprint density at radius 2 is 2.20 bits per heavy atom. The molecule has 1 fully saturated rings. The van der Waals surface area contributed by atoms with Crippen LogP contribution in [0.3, 0.4) is 0 Å². The topological polar surface area (TPSA) is 55.1 Å². The summed E-state index contributed by atoms with van der Waals surface area (Å²) in [5, 5.41) is 2.81. The highest BCUT2D eigenvalue weighted by Crippen LogP contribution is 2.46. The molecule has 1 aromatic rings. The fourth-order valence-corrected chi connectivity index (χ4v) is 1.99. The van der Waals surface area contributed by atoms with Gasteiger partial charge in [-0.3, -0.25) is 4.79 Å². The number of carbonyl (C=O) groups is 1. The van der Waals surface area contributed by atoms with Crippen molar-refractivity contribution < 1.29 is 4.79 Å². The molecular weight excluding hydrogens is 256 g/mol. The molecule has 1 amide bonds. The molecule has 0 aliphatic heterocycles. The summed E-state index contributed by atoms with van der Waals surface area (Å²) >= 11 is 3.41. The SMILES string of the molecule is CC(=O)Nc1ccc(Br)cc1C1(N)CC1. The Morgan fingerprint density at radius 3 is 2.73 bits per heavy atom. The maximum absolute atomic E-state index is 11.0. The molecule has 1 aliphatic rings. The van der Waals surface area contributed by atoms with Gasteiger partial charge < -0.3 is 11.1 Å². The molecule has 2 rings (SSSR count). The van der Waals surface area contributed by atoms with Gasteiger partial charge >= 0.3 is 0 Å². The quantitative estimate of drug-likeness (QED) is 0.865. The van der Waals surface area contributed by atoms with Crippen molar-refractivity contribution in [3.8, 4) is 0 Å². The number of anilines is 1. The van der Waals surface area contributed by atoms with Gasteiger partial charge in [0.1, 0.15) is 0 Å². The number of rotatable bonds is 2. The van der Waals surface area contributed by atoms with Gasteiger partial charge in [0, 0.05) is 22.6 Å². The molecule has 1 saturated carbocycles. The van der Waals surface area contributed by atoms with Gasteiger partial charge in [-0.05, 0) is 36.6 Å². The van der Waals surface area contributed by atoms with Crippen molar-refractivity contribution in [3.63, 3.8) is 0 Å². The van der Waals surface area contributed by atoms with Crippen LogP contribution in [0.5, 0.6) is 0 Å². The molecule has 0 unspecified atom stereocenters. The van der Waals surface area contributed by atoms with Crippen LogP contribution in [0.4, 0.5) is 5.69 Å². The molecule has 15 heavy (non-hydrogen) atoms. The van der Waals surface area contributed by atoms with E-state index in [1.807, 2.05) is 18.2 Å². The predicted octanol–water partition coefficient (Wildman–Crippen LogP) is 2.36. The fourth-order valence-electron chi connectivity index (χ4n) is 1.63. The molecule has 3 N–H and O–H groups in total. The van der Waals surface area contributed by atoms with E-state index >= 15 is 0 Å². The van der Waals surface area contributed by atoms with Crippen molar-refractivity contribution in [2.75, 3.05) is 5.32 Å². The summed E-state index contributed by atoms with van der Waals surface area (Å²) in [7, 11) is 0. The molecule has 80 valence electrons. The van der Waals surface area contributed by atoms with Crippen molar-refractivity contribution in [1.29, 1.82) is 0 Å². The van der Waals surface area contributed by atoms with Crippen molar-refractivity contribution >= 4 is 27.5 Å². The second kappa shape index (κ2) is 3.61. The zero-order valence-corrected chi connectivity index (χ0v) is 10.1. The number of carbonyl (C=O) groups excluding carboxylic acids is 1. The molecule has 4 heteroatoms. The van der Waals surface area contributed by atoms with Gasteiger partial charge in [0.05, 0.1) is 0 Å². The maximum Gasteiger partial charge on any atom is 0.221 e. The largest absolute Gasteiger partial charge is 0.326 e. The number of nitrogens with two attached hydrogens (primary N) is 1. The Labute approximate surface area is 97.2 Å². The van der Waals surface area contributed by atoms with Crippen molar-refractivity contribution in [1.82, 2.24) is 0 Å². The highest BCUT2D eigenvalue weighted by molar-refractivity contribution is 9.10. The number of hydrogen-bond acceptors (Lipinski definition) is 2. The Balaban J connectivity index is 2.40. The normalized spacial score (nSPS) is 17.3. The van der Waals surface area contributed by atoms with E-state index in [-0.39, 0.29) is 11.4 Å². The van der Waals surface area contributed by atoms with Crippen molar-refractivity contribution in [2.24, 2.45) is 5.73 Å². The Bertz CT molecular complexity index is 413. The number of benzene rings is 1. The van der Waals surface area contributed by atoms with Gasteiger partial charge in [-0.1, -0.05) is 15.9 Å². The zero-order chi connectivity index (χ0) is 11.1. The number of nitrogens with one attached hydrogen (secondary N) is 1. The lowest BCUT2D eigenvalue weighted by Gasteiger charge is -2.15. The molecule has 1 aliphatic carbocycles. The highest BCUT2D eigenvalue weighted by atomic mass is 79.9. The van der Waals surface area contributed by atoms with E-state index < -0.39 is 0 Å². The third-order valence-electron chi connectivity index (χ3n) is 2.62. The van der Waals surface area contributed by atoms with Crippen LogP contribution in [0.25, 0.3) is 0 Å². The lowest BCUT2D eigenvalue weighted by Crippen LogP contribution is -2.21. The highest BCUT2D eigenvalue weighted by Gasteiger charge is 2.41. The van der Waals surface area contributed by atoms with E-state index in [0.717, 1.165) is 28.6 Å². The van der Waals surface area contributed by atoms with E-state index in [4.69, 9.17) is 5.73 Å². The summed E-state index contributed by atoms with van der Waals surface area (Å²) in [4.78, 5) is 11.0. The molecular formula is C11H13BrN2O. The third-order valence-corrected chi connectivity index (χ3v) is 3.11. The summed E-state index contributed by atoms with van der Waals surface area (Å²) < 4.78 is 0.989. The lowest BCUT2D eigenvalue weighted by molar-refractivity contribution is -0.114. The zero-order valence-electron chi connectivity index (χ0n) is 8.51. The second-order valence-corrected chi connectivity index (χ2v) is 4.94. The van der Waals surface area contributed by atoms with Gasteiger partial charge in [0.25, 0.3) is 0 Å². The minimum absolute atomic E-state index is 0.0668. The van der Waals surface area contributed by atoms with Crippen LogP contribution in [0.15, 0.2) is 22.7 Å². The summed E-state index contributed by atoms with van der Waals surface area (Å²) in [5.74, 6) is -0.0668. The van der Waals surface area contributed by atoms with Gasteiger partial charge in [-0.25, -0.2) is 0 Å². The molecule has 0 radical (unpaired) electrons. The number of amides is 1. The standard InChI is InChI=1S/C11H13BrN2O/c1-7(15)14-10-3-2-8(12)6-9(10)11(13)4-5-11/h2-3,6H,4-5,13H2,1H3,(H,14,15). The van der Waals surface area contributed by atoms with Crippen LogP contribution >= 0.6 is 15.9 Å². The molecule has 0 spiro atoms. The average Bonchev–Trinajstić information content (AvgIpc) is 2.87. The Hall–Kier alpha value is -0.870. The van der Waals surface area contributed by atoms with Crippen LogP contribution in [-0.4, -0.2) is 5.91 Å². The molecule has 0 atom stereocenters. The first-order valence-corrected chi connectivity index (χ1v) is 5.67. The third kappa shape index (κ3) is 2.21. The van der Waals surface area contributed by atoms with Crippen LogP contribution < -0.4 is 11.1 Å². The molecule has 3 nitrogen and oxygen atoms in total. The second-order valence-electron chi connectivity index (χ2n) is 4.03. The molecule has 1 aromatic carbocycles. The van der Waals surface area contributed by atoms with Crippen LogP contribution in [0.1, 0.15) is 25.3 Å². The van der Waals surface area contributed by atoms with Gasteiger partial charge in [-0.2, -0.15) is 0 Å². The van der Waals surface area contributed by atoms with Gasteiger partial charge in [0.15, 0.2) is 0 Å².